The van der Waals surface area contributed by atoms with Crippen LogP contribution < -0.4 is 10.6 Å². The minimum Gasteiger partial charge on any atom is -0.326 e. The smallest absolute Gasteiger partial charge is 0.228 e. The summed E-state index contributed by atoms with van der Waals surface area (Å²) in [7, 11) is 0. The summed E-state index contributed by atoms with van der Waals surface area (Å²) >= 11 is 0. The zero-order valence-electron chi connectivity index (χ0n) is 16.0. The van der Waals surface area contributed by atoms with Gasteiger partial charge < -0.3 is 10.6 Å². The number of anilines is 2. The van der Waals surface area contributed by atoms with Gasteiger partial charge in [-0.15, -0.1) is 0 Å². The van der Waals surface area contributed by atoms with Crippen LogP contribution in [0.4, 0.5) is 11.4 Å². The van der Waals surface area contributed by atoms with Crippen LogP contribution >= 0.6 is 0 Å². The van der Waals surface area contributed by atoms with Gasteiger partial charge in [-0.05, 0) is 56.1 Å². The molecule has 0 aliphatic carbocycles. The van der Waals surface area contributed by atoms with Crippen molar-refractivity contribution in [3.63, 3.8) is 0 Å². The van der Waals surface area contributed by atoms with Crippen LogP contribution in [-0.4, -0.2) is 29.8 Å². The Bertz CT molecular complexity index is 784. The van der Waals surface area contributed by atoms with E-state index in [0.29, 0.717) is 0 Å². The molecule has 0 bridgehead atoms. The number of amides is 2. The third kappa shape index (κ3) is 5.66. The van der Waals surface area contributed by atoms with E-state index in [2.05, 4.69) is 46.7 Å². The Morgan fingerprint density at radius 1 is 1.00 bits per heavy atom. The van der Waals surface area contributed by atoms with Gasteiger partial charge in [-0.2, -0.15) is 0 Å². The molecule has 1 saturated heterocycles. The van der Waals surface area contributed by atoms with Gasteiger partial charge in [0.25, 0.3) is 0 Å². The first-order valence-corrected chi connectivity index (χ1v) is 9.46. The fourth-order valence-corrected chi connectivity index (χ4v) is 3.45. The summed E-state index contributed by atoms with van der Waals surface area (Å²) in [6, 6.07) is 15.8. The summed E-state index contributed by atoms with van der Waals surface area (Å²) in [6.45, 7) is 6.26. The van der Waals surface area contributed by atoms with Crippen LogP contribution in [0.15, 0.2) is 48.5 Å². The minimum atomic E-state index is -0.109. The van der Waals surface area contributed by atoms with E-state index >= 15 is 0 Å². The van der Waals surface area contributed by atoms with E-state index in [9.17, 15) is 9.59 Å². The van der Waals surface area contributed by atoms with Gasteiger partial charge in [0.15, 0.2) is 0 Å². The van der Waals surface area contributed by atoms with Crippen LogP contribution in [0.1, 0.15) is 30.9 Å². The van der Waals surface area contributed by atoms with Crippen molar-refractivity contribution in [2.24, 2.45) is 5.92 Å². The second-order valence-electron chi connectivity index (χ2n) is 7.31. The summed E-state index contributed by atoms with van der Waals surface area (Å²) in [6.07, 6.45) is 1.95. The molecule has 27 heavy (non-hydrogen) atoms. The lowest BCUT2D eigenvalue weighted by Gasteiger charge is -2.32. The van der Waals surface area contributed by atoms with Crippen molar-refractivity contribution in [2.75, 3.05) is 23.7 Å². The molecule has 2 N–H and O–H groups in total. The molecule has 1 unspecified atom stereocenters. The number of nitrogens with zero attached hydrogens (tertiary/aromatic N) is 1. The van der Waals surface area contributed by atoms with Gasteiger partial charge >= 0.3 is 0 Å². The molecule has 5 heteroatoms. The topological polar surface area (TPSA) is 61.4 Å². The van der Waals surface area contributed by atoms with Crippen molar-refractivity contribution in [3.05, 3.63) is 59.7 Å². The Labute approximate surface area is 160 Å². The first-order chi connectivity index (χ1) is 13.0. The largest absolute Gasteiger partial charge is 0.326 e. The van der Waals surface area contributed by atoms with E-state index in [0.717, 1.165) is 43.9 Å². The molecule has 0 aromatic heterocycles. The summed E-state index contributed by atoms with van der Waals surface area (Å²) in [5, 5.41) is 5.73. The molecule has 3 rings (SSSR count). The summed E-state index contributed by atoms with van der Waals surface area (Å²) < 4.78 is 0. The standard InChI is InChI=1S/C22H27N3O2/c1-16-5-7-18(8-6-16)14-25-13-3-4-19(15-25)22(27)24-21-11-9-20(10-12-21)23-17(2)26/h5-12,19H,3-4,13-15H2,1-2H3,(H,23,26)(H,24,27). The third-order valence-corrected chi connectivity index (χ3v) is 4.88. The molecule has 1 heterocycles. The van der Waals surface area contributed by atoms with Crippen molar-refractivity contribution in [1.29, 1.82) is 0 Å². The molecule has 0 saturated carbocycles. The number of aryl methyl sites for hydroxylation is 1. The Balaban J connectivity index is 1.54. The molecule has 5 nitrogen and oxygen atoms in total. The monoisotopic (exact) mass is 365 g/mol. The maximum atomic E-state index is 12.7. The first-order valence-electron chi connectivity index (χ1n) is 9.46. The minimum absolute atomic E-state index is 0.000723. The highest BCUT2D eigenvalue weighted by Gasteiger charge is 2.25. The number of nitrogens with one attached hydrogen (secondary N) is 2. The average molecular weight is 365 g/mol. The van der Waals surface area contributed by atoms with Gasteiger partial charge in [-0.25, -0.2) is 0 Å². The van der Waals surface area contributed by atoms with Crippen molar-refractivity contribution < 1.29 is 9.59 Å². The van der Waals surface area contributed by atoms with Gasteiger partial charge in [0.2, 0.25) is 11.8 Å². The lowest BCUT2D eigenvalue weighted by atomic mass is 9.96. The highest BCUT2D eigenvalue weighted by molar-refractivity contribution is 5.93. The van der Waals surface area contributed by atoms with Crippen molar-refractivity contribution in [1.82, 2.24) is 4.90 Å². The second-order valence-corrected chi connectivity index (χ2v) is 7.31. The molecule has 1 aliphatic heterocycles. The average Bonchev–Trinajstić information content (AvgIpc) is 2.65. The van der Waals surface area contributed by atoms with E-state index in [4.69, 9.17) is 0 Å². The zero-order valence-corrected chi connectivity index (χ0v) is 16.0. The highest BCUT2D eigenvalue weighted by atomic mass is 16.2. The lowest BCUT2D eigenvalue weighted by molar-refractivity contribution is -0.121. The normalized spacial score (nSPS) is 17.3. The molecule has 2 aromatic rings. The van der Waals surface area contributed by atoms with Crippen molar-refractivity contribution >= 4 is 23.2 Å². The number of benzene rings is 2. The number of hydrogen-bond acceptors (Lipinski definition) is 3. The number of likely N-dealkylation sites (tertiary alicyclic amines) is 1. The Morgan fingerprint density at radius 2 is 1.63 bits per heavy atom. The number of hydrogen-bond donors (Lipinski definition) is 2. The molecule has 0 spiro atoms. The van der Waals surface area contributed by atoms with Crippen LogP contribution in [0.25, 0.3) is 0 Å². The molecule has 2 amide bonds. The SMILES string of the molecule is CC(=O)Nc1ccc(NC(=O)C2CCCN(Cc3ccc(C)cc3)C2)cc1. The van der Waals surface area contributed by atoms with Gasteiger partial charge in [-0.1, -0.05) is 29.8 Å². The molecule has 2 aromatic carbocycles. The number of carbonyl (C=O) groups is 2. The van der Waals surface area contributed by atoms with Crippen molar-refractivity contribution in [3.8, 4) is 0 Å². The molecule has 1 aliphatic rings. The van der Waals surface area contributed by atoms with E-state index in [1.54, 1.807) is 12.1 Å². The molecule has 1 fully saturated rings. The number of rotatable bonds is 5. The van der Waals surface area contributed by atoms with Gasteiger partial charge in [0.05, 0.1) is 5.92 Å². The van der Waals surface area contributed by atoms with E-state index in [1.165, 1.54) is 18.1 Å². The molecular formula is C22H27N3O2. The second kappa shape index (κ2) is 8.82. The van der Waals surface area contributed by atoms with Crippen LogP contribution in [-0.2, 0) is 16.1 Å². The zero-order chi connectivity index (χ0) is 19.2. The maximum absolute atomic E-state index is 12.7. The maximum Gasteiger partial charge on any atom is 0.228 e. The van der Waals surface area contributed by atoms with Gasteiger partial charge in [-0.3, -0.25) is 14.5 Å². The summed E-state index contributed by atoms with van der Waals surface area (Å²) in [5.41, 5.74) is 4.03. The van der Waals surface area contributed by atoms with Crippen molar-refractivity contribution in [2.45, 2.75) is 33.2 Å². The Morgan fingerprint density at radius 3 is 2.26 bits per heavy atom. The van der Waals surface area contributed by atoms with Gasteiger partial charge in [0, 0.05) is 31.4 Å². The fourth-order valence-electron chi connectivity index (χ4n) is 3.45. The number of piperidine rings is 1. The summed E-state index contributed by atoms with van der Waals surface area (Å²) in [4.78, 5) is 26.1. The first kappa shape index (κ1) is 19.1. The predicted octanol–water partition coefficient (Wildman–Crippen LogP) is 3.80. The quantitative estimate of drug-likeness (QED) is 0.847. The van der Waals surface area contributed by atoms with Crippen LogP contribution in [0.2, 0.25) is 0 Å². The van der Waals surface area contributed by atoms with Gasteiger partial charge in [0.1, 0.15) is 0 Å². The summed E-state index contributed by atoms with van der Waals surface area (Å²) in [5.74, 6) is -0.0437. The Hall–Kier alpha value is -2.66. The van der Waals surface area contributed by atoms with E-state index in [1.807, 2.05) is 12.1 Å². The van der Waals surface area contributed by atoms with E-state index < -0.39 is 0 Å². The molecule has 1 atom stereocenters. The predicted molar refractivity (Wildman–Crippen MR) is 109 cm³/mol. The lowest BCUT2D eigenvalue weighted by Crippen LogP contribution is -2.40. The van der Waals surface area contributed by atoms with Crippen LogP contribution in [0.5, 0.6) is 0 Å². The molecule has 142 valence electrons. The van der Waals surface area contributed by atoms with Crippen LogP contribution in [0, 0.1) is 12.8 Å². The number of carbonyl (C=O) groups excluding carboxylic acids is 2. The highest BCUT2D eigenvalue weighted by Crippen LogP contribution is 2.21. The fraction of sp³-hybridized carbons (Fsp3) is 0.364. The Kier molecular flexibility index (Phi) is 6.24. The molecular weight excluding hydrogens is 338 g/mol. The van der Waals surface area contributed by atoms with E-state index in [-0.39, 0.29) is 17.7 Å². The molecule has 0 radical (unpaired) electrons. The third-order valence-electron chi connectivity index (χ3n) is 4.88. The van der Waals surface area contributed by atoms with Crippen LogP contribution in [0.3, 0.4) is 0 Å².